The Hall–Kier alpha value is -2.70. The van der Waals surface area contributed by atoms with Gasteiger partial charge in [0.15, 0.2) is 11.5 Å². The van der Waals surface area contributed by atoms with Crippen LogP contribution in [0, 0.1) is 0 Å². The second kappa shape index (κ2) is 5.74. The van der Waals surface area contributed by atoms with Gasteiger partial charge in [-0.25, -0.2) is 0 Å². The Morgan fingerprint density at radius 2 is 2.14 bits per heavy atom. The summed E-state index contributed by atoms with van der Waals surface area (Å²) in [5.74, 6) is 1.55. The molecule has 4 N–H and O–H groups in total. The number of H-pyrrole nitrogens is 1. The quantitative estimate of drug-likeness (QED) is 0.770. The van der Waals surface area contributed by atoms with Crippen LogP contribution in [0.5, 0.6) is 11.5 Å². The minimum atomic E-state index is -0.237. The van der Waals surface area contributed by atoms with Crippen LogP contribution < -0.4 is 20.5 Å². The number of ether oxygens (including phenoxy) is 2. The van der Waals surface area contributed by atoms with Crippen molar-refractivity contribution in [3.05, 3.63) is 35.5 Å². The fourth-order valence-electron chi connectivity index (χ4n) is 2.14. The Bertz CT molecular complexity index is 653. The van der Waals surface area contributed by atoms with Crippen LogP contribution in [0.4, 0.5) is 5.82 Å². The van der Waals surface area contributed by atoms with Gasteiger partial charge in [-0.15, -0.1) is 0 Å². The predicted octanol–water partition coefficient (Wildman–Crippen LogP) is 0.736. The number of aromatic nitrogens is 2. The number of benzene rings is 1. The molecule has 7 nitrogen and oxygen atoms in total. The van der Waals surface area contributed by atoms with Gasteiger partial charge in [0, 0.05) is 6.54 Å². The van der Waals surface area contributed by atoms with E-state index >= 15 is 0 Å². The standard InChI is InChI=1S/C14H16N4O3/c15-13-10(8-17-18-13)14(19)16-4-3-9-1-2-11-12(7-9)21-6-5-20-11/h1-2,7-8H,3-6H2,(H,16,19)(H3,15,17,18). The van der Waals surface area contributed by atoms with Crippen molar-refractivity contribution in [2.75, 3.05) is 25.5 Å². The zero-order chi connectivity index (χ0) is 14.7. The van der Waals surface area contributed by atoms with Gasteiger partial charge in [-0.05, 0) is 24.1 Å². The van der Waals surface area contributed by atoms with Crippen molar-refractivity contribution in [3.8, 4) is 11.5 Å². The molecule has 1 aliphatic heterocycles. The number of nitrogen functional groups attached to an aromatic ring is 1. The number of nitrogens with two attached hydrogens (primary N) is 1. The van der Waals surface area contributed by atoms with Crippen LogP contribution >= 0.6 is 0 Å². The molecule has 0 spiro atoms. The lowest BCUT2D eigenvalue weighted by molar-refractivity contribution is 0.0955. The third kappa shape index (κ3) is 2.91. The minimum Gasteiger partial charge on any atom is -0.486 e. The second-order valence-electron chi connectivity index (χ2n) is 4.68. The monoisotopic (exact) mass is 288 g/mol. The number of carbonyl (C=O) groups is 1. The van der Waals surface area contributed by atoms with E-state index in [4.69, 9.17) is 15.2 Å². The lowest BCUT2D eigenvalue weighted by atomic mass is 10.1. The first-order valence-electron chi connectivity index (χ1n) is 6.69. The van der Waals surface area contributed by atoms with Gasteiger partial charge < -0.3 is 20.5 Å². The smallest absolute Gasteiger partial charge is 0.256 e. The highest BCUT2D eigenvalue weighted by Gasteiger charge is 2.13. The van der Waals surface area contributed by atoms with Gasteiger partial charge in [-0.1, -0.05) is 6.07 Å². The molecule has 21 heavy (non-hydrogen) atoms. The third-order valence-corrected chi connectivity index (χ3v) is 3.22. The van der Waals surface area contributed by atoms with Gasteiger partial charge in [0.25, 0.3) is 5.91 Å². The van der Waals surface area contributed by atoms with E-state index in [-0.39, 0.29) is 11.7 Å². The molecule has 0 fully saturated rings. The summed E-state index contributed by atoms with van der Waals surface area (Å²) in [5.41, 5.74) is 7.02. The first-order chi connectivity index (χ1) is 10.2. The van der Waals surface area contributed by atoms with Crippen LogP contribution in [0.1, 0.15) is 15.9 Å². The Morgan fingerprint density at radius 1 is 1.33 bits per heavy atom. The molecule has 110 valence electrons. The fraction of sp³-hybridized carbons (Fsp3) is 0.286. The summed E-state index contributed by atoms with van der Waals surface area (Å²) in [7, 11) is 0. The molecule has 0 aliphatic carbocycles. The molecule has 2 heterocycles. The van der Waals surface area contributed by atoms with E-state index in [1.54, 1.807) is 0 Å². The molecule has 1 aliphatic rings. The van der Waals surface area contributed by atoms with Crippen molar-refractivity contribution in [2.24, 2.45) is 0 Å². The van der Waals surface area contributed by atoms with Crippen molar-refractivity contribution in [1.29, 1.82) is 0 Å². The SMILES string of the molecule is Nc1[nH]ncc1C(=O)NCCc1ccc2c(c1)OCCO2. The number of carbonyl (C=O) groups excluding carboxylic acids is 1. The number of anilines is 1. The van der Waals surface area contributed by atoms with Gasteiger partial charge in [0.1, 0.15) is 24.6 Å². The molecular formula is C14H16N4O3. The molecule has 7 heteroatoms. The van der Waals surface area contributed by atoms with E-state index in [1.807, 2.05) is 18.2 Å². The van der Waals surface area contributed by atoms with Crippen LogP contribution in [-0.4, -0.2) is 35.9 Å². The number of hydrogen-bond donors (Lipinski definition) is 3. The van der Waals surface area contributed by atoms with Crippen LogP contribution in [0.25, 0.3) is 0 Å². The maximum Gasteiger partial charge on any atom is 0.256 e. The Labute approximate surface area is 121 Å². The zero-order valence-electron chi connectivity index (χ0n) is 11.4. The molecule has 0 atom stereocenters. The van der Waals surface area contributed by atoms with E-state index in [0.29, 0.717) is 31.7 Å². The van der Waals surface area contributed by atoms with Crippen molar-refractivity contribution < 1.29 is 14.3 Å². The molecule has 0 saturated carbocycles. The molecule has 2 aromatic rings. The predicted molar refractivity (Wildman–Crippen MR) is 76.5 cm³/mol. The number of nitrogens with zero attached hydrogens (tertiary/aromatic N) is 1. The molecule has 0 bridgehead atoms. The number of fused-ring (bicyclic) bond motifs is 1. The average Bonchev–Trinajstić information content (AvgIpc) is 2.93. The highest BCUT2D eigenvalue weighted by molar-refractivity contribution is 5.98. The summed E-state index contributed by atoms with van der Waals surface area (Å²) < 4.78 is 11.0. The number of aromatic amines is 1. The zero-order valence-corrected chi connectivity index (χ0v) is 11.4. The molecule has 1 aromatic carbocycles. The Morgan fingerprint density at radius 3 is 2.90 bits per heavy atom. The molecule has 3 rings (SSSR count). The van der Waals surface area contributed by atoms with Gasteiger partial charge in [-0.2, -0.15) is 5.10 Å². The summed E-state index contributed by atoms with van der Waals surface area (Å²) >= 11 is 0. The highest BCUT2D eigenvalue weighted by Crippen LogP contribution is 2.30. The first-order valence-corrected chi connectivity index (χ1v) is 6.69. The molecule has 1 aromatic heterocycles. The van der Waals surface area contributed by atoms with Crippen LogP contribution in [0.3, 0.4) is 0 Å². The minimum absolute atomic E-state index is 0.237. The summed E-state index contributed by atoms with van der Waals surface area (Å²) in [6, 6.07) is 5.79. The van der Waals surface area contributed by atoms with Crippen LogP contribution in [-0.2, 0) is 6.42 Å². The Balaban J connectivity index is 1.56. The number of nitrogens with one attached hydrogen (secondary N) is 2. The third-order valence-electron chi connectivity index (χ3n) is 3.22. The second-order valence-corrected chi connectivity index (χ2v) is 4.68. The number of amides is 1. The fourth-order valence-corrected chi connectivity index (χ4v) is 2.14. The largest absolute Gasteiger partial charge is 0.486 e. The molecule has 0 unspecified atom stereocenters. The summed E-state index contributed by atoms with van der Waals surface area (Å²) in [6.45, 7) is 1.64. The van der Waals surface area contributed by atoms with Gasteiger partial charge >= 0.3 is 0 Å². The molecule has 0 radical (unpaired) electrons. The van der Waals surface area contributed by atoms with E-state index in [0.717, 1.165) is 17.1 Å². The summed E-state index contributed by atoms with van der Waals surface area (Å²) in [4.78, 5) is 11.9. The van der Waals surface area contributed by atoms with E-state index < -0.39 is 0 Å². The average molecular weight is 288 g/mol. The van der Waals surface area contributed by atoms with Gasteiger partial charge in [-0.3, -0.25) is 9.89 Å². The van der Waals surface area contributed by atoms with Crippen molar-refractivity contribution in [3.63, 3.8) is 0 Å². The van der Waals surface area contributed by atoms with E-state index in [9.17, 15) is 4.79 Å². The van der Waals surface area contributed by atoms with Crippen molar-refractivity contribution >= 4 is 11.7 Å². The van der Waals surface area contributed by atoms with Crippen LogP contribution in [0.2, 0.25) is 0 Å². The maximum absolute atomic E-state index is 11.9. The number of rotatable bonds is 4. The van der Waals surface area contributed by atoms with E-state index in [1.165, 1.54) is 6.20 Å². The van der Waals surface area contributed by atoms with Crippen molar-refractivity contribution in [2.45, 2.75) is 6.42 Å². The molecular weight excluding hydrogens is 272 g/mol. The van der Waals surface area contributed by atoms with Gasteiger partial charge in [0.05, 0.1) is 6.20 Å². The molecule has 1 amide bonds. The topological polar surface area (TPSA) is 102 Å². The number of hydrogen-bond acceptors (Lipinski definition) is 5. The van der Waals surface area contributed by atoms with Crippen molar-refractivity contribution in [1.82, 2.24) is 15.5 Å². The van der Waals surface area contributed by atoms with Gasteiger partial charge in [0.2, 0.25) is 0 Å². The summed E-state index contributed by atoms with van der Waals surface area (Å²) in [5, 5.41) is 9.05. The summed E-state index contributed by atoms with van der Waals surface area (Å²) in [6.07, 6.45) is 2.11. The van der Waals surface area contributed by atoms with E-state index in [2.05, 4.69) is 15.5 Å². The first kappa shape index (κ1) is 13.3. The molecule has 0 saturated heterocycles. The lowest BCUT2D eigenvalue weighted by Gasteiger charge is -2.18. The lowest BCUT2D eigenvalue weighted by Crippen LogP contribution is -2.26. The normalized spacial score (nSPS) is 13.0. The highest BCUT2D eigenvalue weighted by atomic mass is 16.6. The van der Waals surface area contributed by atoms with Crippen LogP contribution in [0.15, 0.2) is 24.4 Å². The Kier molecular flexibility index (Phi) is 3.63. The maximum atomic E-state index is 11.9.